The number of amides is 2. The Morgan fingerprint density at radius 1 is 1.06 bits per heavy atom. The van der Waals surface area contributed by atoms with E-state index in [9.17, 15) is 9.59 Å². The Kier molecular flexibility index (Phi) is 8.22. The van der Waals surface area contributed by atoms with E-state index in [0.29, 0.717) is 40.1 Å². The van der Waals surface area contributed by atoms with Gasteiger partial charge < -0.3 is 19.9 Å². The zero-order valence-electron chi connectivity index (χ0n) is 18.4. The summed E-state index contributed by atoms with van der Waals surface area (Å²) in [5.41, 5.74) is 1.66. The molecule has 0 atom stereocenters. The molecular formula is C23H27BrN4O3S. The molecule has 0 radical (unpaired) electrons. The number of hydrogen-bond acceptors (Lipinski definition) is 5. The van der Waals surface area contributed by atoms with Gasteiger partial charge in [0.25, 0.3) is 11.8 Å². The molecule has 32 heavy (non-hydrogen) atoms. The van der Waals surface area contributed by atoms with Crippen molar-refractivity contribution in [2.75, 3.05) is 38.5 Å². The van der Waals surface area contributed by atoms with Crippen molar-refractivity contribution >= 4 is 50.8 Å². The minimum atomic E-state index is -0.344. The Bertz CT molecular complexity index is 1010. The van der Waals surface area contributed by atoms with Crippen molar-refractivity contribution in [1.82, 2.24) is 15.1 Å². The van der Waals surface area contributed by atoms with Crippen LogP contribution in [0.25, 0.3) is 0 Å². The molecule has 170 valence electrons. The fourth-order valence-electron chi connectivity index (χ4n) is 3.25. The third-order valence-electron chi connectivity index (χ3n) is 4.94. The number of rotatable bonds is 5. The number of ether oxygens (including phenoxy) is 1. The first-order valence-corrected chi connectivity index (χ1v) is 11.6. The minimum absolute atomic E-state index is 0.00902. The lowest BCUT2D eigenvalue weighted by molar-refractivity contribution is 0.0664. The van der Waals surface area contributed by atoms with Crippen LogP contribution in [0, 0.1) is 0 Å². The van der Waals surface area contributed by atoms with Crippen LogP contribution in [0.1, 0.15) is 34.6 Å². The standard InChI is InChI=1S/C23H27BrN4O3S/c1-15(2)31-20-8-7-16(14-19(20)24)21(29)26-23(32)25-18-6-4-5-17(13-18)22(30)28-11-9-27(3)10-12-28/h4-8,13-15H,9-12H2,1-3H3,(H2,25,26,29,32). The number of thiocarbonyl (C=S) groups is 1. The summed E-state index contributed by atoms with van der Waals surface area (Å²) < 4.78 is 6.36. The largest absolute Gasteiger partial charge is 0.490 e. The van der Waals surface area contributed by atoms with Gasteiger partial charge in [0.15, 0.2) is 5.11 Å². The number of carbonyl (C=O) groups excluding carboxylic acids is 2. The van der Waals surface area contributed by atoms with Gasteiger partial charge in [0.05, 0.1) is 10.6 Å². The second-order valence-corrected chi connectivity index (χ2v) is 9.16. The fraction of sp³-hybridized carbons (Fsp3) is 0.348. The number of halogens is 1. The molecule has 9 heteroatoms. The average Bonchev–Trinajstić information content (AvgIpc) is 2.75. The molecule has 2 aromatic carbocycles. The van der Waals surface area contributed by atoms with E-state index in [1.807, 2.05) is 25.8 Å². The van der Waals surface area contributed by atoms with Gasteiger partial charge in [0.2, 0.25) is 0 Å². The van der Waals surface area contributed by atoms with Gasteiger partial charge >= 0.3 is 0 Å². The molecule has 0 aromatic heterocycles. The Labute approximate surface area is 202 Å². The van der Waals surface area contributed by atoms with Crippen LogP contribution in [-0.2, 0) is 0 Å². The second-order valence-electron chi connectivity index (χ2n) is 7.90. The van der Waals surface area contributed by atoms with Gasteiger partial charge in [0.1, 0.15) is 5.75 Å². The van der Waals surface area contributed by atoms with Crippen LogP contribution in [0.15, 0.2) is 46.9 Å². The molecule has 7 nitrogen and oxygen atoms in total. The van der Waals surface area contributed by atoms with E-state index in [1.54, 1.807) is 42.5 Å². The number of benzene rings is 2. The molecule has 1 fully saturated rings. The van der Waals surface area contributed by atoms with Gasteiger partial charge in [-0.15, -0.1) is 0 Å². The first-order valence-electron chi connectivity index (χ1n) is 10.4. The zero-order chi connectivity index (χ0) is 23.3. The summed E-state index contributed by atoms with van der Waals surface area (Å²) in [5.74, 6) is 0.313. The average molecular weight is 519 g/mol. The molecule has 0 aliphatic carbocycles. The molecule has 0 saturated carbocycles. The third kappa shape index (κ3) is 6.51. The quantitative estimate of drug-likeness (QED) is 0.587. The molecule has 0 bridgehead atoms. The van der Waals surface area contributed by atoms with Crippen LogP contribution in [0.4, 0.5) is 5.69 Å². The SMILES string of the molecule is CC(C)Oc1ccc(C(=O)NC(=S)Nc2cccc(C(=O)N3CCN(C)CC3)c2)cc1Br. The first kappa shape index (κ1) is 24.2. The van der Waals surface area contributed by atoms with E-state index >= 15 is 0 Å². The van der Waals surface area contributed by atoms with Gasteiger partial charge in [-0.25, -0.2) is 0 Å². The van der Waals surface area contributed by atoms with Gasteiger partial charge in [-0.1, -0.05) is 6.07 Å². The summed E-state index contributed by atoms with van der Waals surface area (Å²) >= 11 is 8.72. The highest BCUT2D eigenvalue weighted by molar-refractivity contribution is 9.10. The van der Waals surface area contributed by atoms with Crippen molar-refractivity contribution in [2.24, 2.45) is 0 Å². The lowest BCUT2D eigenvalue weighted by Gasteiger charge is -2.32. The molecule has 2 N–H and O–H groups in total. The Balaban J connectivity index is 1.60. The Morgan fingerprint density at radius 2 is 1.78 bits per heavy atom. The maximum atomic E-state index is 12.8. The summed E-state index contributed by atoms with van der Waals surface area (Å²) in [6.07, 6.45) is 0.0293. The number of hydrogen-bond donors (Lipinski definition) is 2. The molecule has 1 heterocycles. The normalized spacial score (nSPS) is 14.2. The molecule has 0 unspecified atom stereocenters. The van der Waals surface area contributed by atoms with Gasteiger partial charge in [-0.2, -0.15) is 0 Å². The topological polar surface area (TPSA) is 73.9 Å². The van der Waals surface area contributed by atoms with E-state index in [4.69, 9.17) is 17.0 Å². The van der Waals surface area contributed by atoms with Crippen LogP contribution < -0.4 is 15.4 Å². The van der Waals surface area contributed by atoms with E-state index in [2.05, 4.69) is 31.5 Å². The summed E-state index contributed by atoms with van der Waals surface area (Å²) in [4.78, 5) is 29.4. The summed E-state index contributed by atoms with van der Waals surface area (Å²) in [7, 11) is 2.05. The van der Waals surface area contributed by atoms with Crippen LogP contribution in [0.3, 0.4) is 0 Å². The molecule has 1 aliphatic heterocycles. The Morgan fingerprint density at radius 3 is 2.44 bits per heavy atom. The predicted octanol–water partition coefficient (Wildman–Crippen LogP) is 3.75. The first-order chi connectivity index (χ1) is 15.2. The predicted molar refractivity (Wildman–Crippen MR) is 133 cm³/mol. The van der Waals surface area contributed by atoms with Gasteiger partial charge in [0, 0.05) is 43.0 Å². The second kappa shape index (κ2) is 10.9. The number of piperazine rings is 1. The smallest absolute Gasteiger partial charge is 0.257 e. The van der Waals surface area contributed by atoms with Crippen LogP contribution in [-0.4, -0.2) is 66.1 Å². The lowest BCUT2D eigenvalue weighted by Crippen LogP contribution is -2.47. The molecule has 1 saturated heterocycles. The molecule has 3 rings (SSSR count). The number of likely N-dealkylation sites (N-methyl/N-ethyl adjacent to an activating group) is 1. The summed E-state index contributed by atoms with van der Waals surface area (Å²) in [6, 6.07) is 12.2. The van der Waals surface area contributed by atoms with Crippen LogP contribution in [0.5, 0.6) is 5.75 Å². The van der Waals surface area contributed by atoms with Crippen molar-refractivity contribution in [2.45, 2.75) is 20.0 Å². The van der Waals surface area contributed by atoms with Crippen LogP contribution >= 0.6 is 28.1 Å². The number of carbonyl (C=O) groups is 2. The highest BCUT2D eigenvalue weighted by Gasteiger charge is 2.20. The molecular weight excluding hydrogens is 492 g/mol. The molecule has 0 spiro atoms. The maximum Gasteiger partial charge on any atom is 0.257 e. The Hall–Kier alpha value is -2.49. The van der Waals surface area contributed by atoms with E-state index in [0.717, 1.165) is 13.1 Å². The number of anilines is 1. The van der Waals surface area contributed by atoms with Crippen molar-refractivity contribution in [3.8, 4) is 5.75 Å². The molecule has 1 aliphatic rings. The van der Waals surface area contributed by atoms with E-state index < -0.39 is 0 Å². The van der Waals surface area contributed by atoms with Crippen molar-refractivity contribution in [3.05, 3.63) is 58.1 Å². The highest BCUT2D eigenvalue weighted by Crippen LogP contribution is 2.27. The van der Waals surface area contributed by atoms with Crippen molar-refractivity contribution in [3.63, 3.8) is 0 Å². The number of nitrogens with zero attached hydrogens (tertiary/aromatic N) is 2. The van der Waals surface area contributed by atoms with Crippen LogP contribution in [0.2, 0.25) is 0 Å². The minimum Gasteiger partial charge on any atom is -0.490 e. The molecule has 2 aromatic rings. The fourth-order valence-corrected chi connectivity index (χ4v) is 3.93. The zero-order valence-corrected chi connectivity index (χ0v) is 20.8. The van der Waals surface area contributed by atoms with Gasteiger partial charge in [-0.3, -0.25) is 14.9 Å². The summed E-state index contributed by atoms with van der Waals surface area (Å²) in [6.45, 7) is 7.01. The monoisotopic (exact) mass is 518 g/mol. The summed E-state index contributed by atoms with van der Waals surface area (Å²) in [5, 5.41) is 5.80. The van der Waals surface area contributed by atoms with Gasteiger partial charge in [-0.05, 0) is 85.4 Å². The van der Waals surface area contributed by atoms with Crippen molar-refractivity contribution < 1.29 is 14.3 Å². The van der Waals surface area contributed by atoms with E-state index in [1.165, 1.54) is 0 Å². The number of nitrogens with one attached hydrogen (secondary N) is 2. The molecule has 2 amide bonds. The third-order valence-corrected chi connectivity index (χ3v) is 5.77. The van der Waals surface area contributed by atoms with E-state index in [-0.39, 0.29) is 23.0 Å². The maximum absolute atomic E-state index is 12.8. The van der Waals surface area contributed by atoms with Crippen molar-refractivity contribution in [1.29, 1.82) is 0 Å². The lowest BCUT2D eigenvalue weighted by atomic mass is 10.1. The highest BCUT2D eigenvalue weighted by atomic mass is 79.9.